The lowest BCUT2D eigenvalue weighted by atomic mass is 9.91. The van der Waals surface area contributed by atoms with Crippen LogP contribution < -0.4 is 26.6 Å². The molecule has 2 aromatic carbocycles. The highest BCUT2D eigenvalue weighted by molar-refractivity contribution is 5.85. The second-order valence-electron chi connectivity index (χ2n) is 13.7. The number of benzene rings is 2. The average Bonchev–Trinajstić information content (AvgIpc) is 3.89. The molecule has 1 saturated heterocycles. The Morgan fingerprint density at radius 1 is 0.925 bits per heavy atom. The number of pyridine rings is 1. The summed E-state index contributed by atoms with van der Waals surface area (Å²) in [5.74, 6) is -0.599. The predicted octanol–water partition coefficient (Wildman–Crippen LogP) is 2.06. The molecule has 1 saturated carbocycles. The van der Waals surface area contributed by atoms with Gasteiger partial charge in [0.25, 0.3) is 0 Å². The molecule has 2 aliphatic rings. The number of carbonyl (C=O) groups is 2. The molecule has 1 unspecified atom stereocenters. The van der Waals surface area contributed by atoms with Crippen molar-refractivity contribution >= 4 is 34.9 Å². The van der Waals surface area contributed by atoms with Gasteiger partial charge in [-0.15, -0.1) is 0 Å². The van der Waals surface area contributed by atoms with Gasteiger partial charge in [-0.2, -0.15) is 9.97 Å². The van der Waals surface area contributed by atoms with Crippen molar-refractivity contribution in [2.75, 3.05) is 29.9 Å². The number of carbonyl (C=O) groups excluding carboxylic acids is 2. The van der Waals surface area contributed by atoms with Crippen LogP contribution in [0.5, 0.6) is 0 Å². The van der Waals surface area contributed by atoms with Crippen LogP contribution in [0.25, 0.3) is 11.2 Å². The number of anilines is 2. The van der Waals surface area contributed by atoms with Crippen molar-refractivity contribution in [1.29, 1.82) is 0 Å². The molecule has 3 amide bonds. The largest absolute Gasteiger partial charge is 0.392 e. The number of aliphatic hydroxyl groups excluding tert-OH is 3. The number of primary amides is 1. The number of amides is 3. The van der Waals surface area contributed by atoms with Crippen LogP contribution in [0.1, 0.15) is 48.0 Å². The number of nitrogens with one attached hydrogen (secondary N) is 3. The zero-order valence-corrected chi connectivity index (χ0v) is 29.1. The Morgan fingerprint density at radius 2 is 1.64 bits per heavy atom. The van der Waals surface area contributed by atoms with E-state index in [0.29, 0.717) is 55.5 Å². The van der Waals surface area contributed by atoms with E-state index in [1.165, 1.54) is 0 Å². The molecule has 8 N–H and O–H groups in total. The number of urea groups is 1. The third-order valence-corrected chi connectivity index (χ3v) is 10.2. The monoisotopic (exact) mass is 720 g/mol. The van der Waals surface area contributed by atoms with Crippen LogP contribution >= 0.6 is 0 Å². The summed E-state index contributed by atoms with van der Waals surface area (Å²) in [5, 5.41) is 42.3. The molecule has 53 heavy (non-hydrogen) atoms. The van der Waals surface area contributed by atoms with Gasteiger partial charge in [0.05, 0.1) is 43.2 Å². The Labute approximate surface area is 306 Å². The van der Waals surface area contributed by atoms with E-state index in [2.05, 4.69) is 50.2 Å². The molecule has 276 valence electrons. The topological polar surface area (TPSA) is 217 Å². The number of aromatic nitrogens is 5. The maximum atomic E-state index is 12.8. The minimum absolute atomic E-state index is 0.0165. The fourth-order valence-corrected chi connectivity index (χ4v) is 7.44. The highest BCUT2D eigenvalue weighted by Crippen LogP contribution is 2.40. The highest BCUT2D eigenvalue weighted by Gasteiger charge is 2.46. The SMILES string of the molecule is NC(=O)CC(O)[C@@H]1C[C@@H](n2cnc3c(NCC(c4ccccc4)c4ccccc4)nc(N4CC[C@@H](NC(=O)NCc5ccccn5)C4)nc32)[C@H](O)[C@@H]1O. The van der Waals surface area contributed by atoms with E-state index in [1.54, 1.807) is 17.1 Å². The zero-order valence-electron chi connectivity index (χ0n) is 29.1. The number of nitrogens with zero attached hydrogens (tertiary/aromatic N) is 6. The van der Waals surface area contributed by atoms with Gasteiger partial charge in [-0.05, 0) is 36.1 Å². The first-order valence-corrected chi connectivity index (χ1v) is 17.8. The molecule has 0 bridgehead atoms. The van der Waals surface area contributed by atoms with Crippen molar-refractivity contribution in [2.24, 2.45) is 11.7 Å². The fraction of sp³-hybridized carbons (Fsp3) is 0.368. The quantitative estimate of drug-likeness (QED) is 0.0934. The zero-order chi connectivity index (χ0) is 36.9. The van der Waals surface area contributed by atoms with Gasteiger partial charge >= 0.3 is 6.03 Å². The van der Waals surface area contributed by atoms with Crippen molar-refractivity contribution in [3.63, 3.8) is 0 Å². The Morgan fingerprint density at radius 3 is 2.32 bits per heavy atom. The molecule has 1 aliphatic heterocycles. The van der Waals surface area contributed by atoms with Crippen LogP contribution in [-0.4, -0.2) is 95.7 Å². The van der Waals surface area contributed by atoms with Crippen LogP contribution in [0.2, 0.25) is 0 Å². The number of aliphatic hydroxyl groups is 3. The summed E-state index contributed by atoms with van der Waals surface area (Å²) in [4.78, 5) is 45.2. The molecular weight excluding hydrogens is 676 g/mol. The number of nitrogens with two attached hydrogens (primary N) is 1. The lowest BCUT2D eigenvalue weighted by Gasteiger charge is -2.22. The maximum Gasteiger partial charge on any atom is 0.315 e. The minimum Gasteiger partial charge on any atom is -0.392 e. The van der Waals surface area contributed by atoms with Crippen molar-refractivity contribution in [1.82, 2.24) is 35.1 Å². The number of hydrogen-bond acceptors (Lipinski definition) is 11. The molecule has 0 spiro atoms. The summed E-state index contributed by atoms with van der Waals surface area (Å²) >= 11 is 0. The van der Waals surface area contributed by atoms with E-state index in [-0.39, 0.29) is 30.8 Å². The predicted molar refractivity (Wildman–Crippen MR) is 198 cm³/mol. The molecule has 3 aromatic heterocycles. The summed E-state index contributed by atoms with van der Waals surface area (Å²) in [6, 6.07) is 24.8. The van der Waals surface area contributed by atoms with E-state index in [9.17, 15) is 24.9 Å². The molecule has 4 heterocycles. The number of rotatable bonds is 13. The van der Waals surface area contributed by atoms with Crippen LogP contribution in [0.15, 0.2) is 91.4 Å². The molecule has 15 heteroatoms. The average molecular weight is 721 g/mol. The van der Waals surface area contributed by atoms with Crippen LogP contribution in [0.4, 0.5) is 16.6 Å². The van der Waals surface area contributed by atoms with E-state index < -0.39 is 36.2 Å². The van der Waals surface area contributed by atoms with Gasteiger partial charge in [-0.1, -0.05) is 66.7 Å². The maximum absolute atomic E-state index is 12.8. The molecule has 7 rings (SSSR count). The lowest BCUT2D eigenvalue weighted by molar-refractivity contribution is -0.121. The fourth-order valence-electron chi connectivity index (χ4n) is 7.44. The highest BCUT2D eigenvalue weighted by atomic mass is 16.3. The first-order chi connectivity index (χ1) is 25.7. The van der Waals surface area contributed by atoms with Gasteiger partial charge in [0.2, 0.25) is 11.9 Å². The minimum atomic E-state index is -1.29. The van der Waals surface area contributed by atoms with E-state index in [4.69, 9.17) is 15.7 Å². The second kappa shape index (κ2) is 15.9. The van der Waals surface area contributed by atoms with Gasteiger partial charge in [-0.3, -0.25) is 9.78 Å². The Hall–Kier alpha value is -5.64. The van der Waals surface area contributed by atoms with Gasteiger partial charge < -0.3 is 46.5 Å². The van der Waals surface area contributed by atoms with Crippen molar-refractivity contribution < 1.29 is 24.9 Å². The first kappa shape index (κ1) is 35.7. The van der Waals surface area contributed by atoms with Crippen molar-refractivity contribution in [2.45, 2.75) is 62.1 Å². The second-order valence-corrected chi connectivity index (χ2v) is 13.7. The summed E-state index contributed by atoms with van der Waals surface area (Å²) in [7, 11) is 0. The summed E-state index contributed by atoms with van der Waals surface area (Å²) < 4.78 is 1.71. The van der Waals surface area contributed by atoms with E-state index in [1.807, 2.05) is 59.5 Å². The smallest absolute Gasteiger partial charge is 0.315 e. The number of fused-ring (bicyclic) bond motifs is 1. The van der Waals surface area contributed by atoms with Crippen molar-refractivity contribution in [3.8, 4) is 0 Å². The lowest BCUT2D eigenvalue weighted by Crippen LogP contribution is -2.43. The van der Waals surface area contributed by atoms with Gasteiger partial charge in [0.1, 0.15) is 6.10 Å². The van der Waals surface area contributed by atoms with E-state index >= 15 is 0 Å². The molecule has 6 atom stereocenters. The van der Waals surface area contributed by atoms with Crippen LogP contribution in [0.3, 0.4) is 0 Å². The van der Waals surface area contributed by atoms with Crippen molar-refractivity contribution in [3.05, 3.63) is 108 Å². The van der Waals surface area contributed by atoms with Gasteiger partial charge in [0.15, 0.2) is 17.0 Å². The van der Waals surface area contributed by atoms with E-state index in [0.717, 1.165) is 16.8 Å². The molecule has 5 aromatic rings. The molecule has 2 fully saturated rings. The Balaban J connectivity index is 1.17. The van der Waals surface area contributed by atoms with Gasteiger partial charge in [-0.25, -0.2) is 9.78 Å². The number of imidazole rings is 1. The summed E-state index contributed by atoms with van der Waals surface area (Å²) in [5.41, 5.74) is 9.23. The first-order valence-electron chi connectivity index (χ1n) is 17.8. The van der Waals surface area contributed by atoms with Crippen LogP contribution in [-0.2, 0) is 11.3 Å². The van der Waals surface area contributed by atoms with Crippen LogP contribution in [0, 0.1) is 5.92 Å². The number of hydrogen-bond donors (Lipinski definition) is 7. The Bertz CT molecular complexity index is 1960. The third-order valence-electron chi connectivity index (χ3n) is 10.2. The Kier molecular flexibility index (Phi) is 10.8. The third kappa shape index (κ3) is 8.06. The summed E-state index contributed by atoms with van der Waals surface area (Å²) in [6.07, 6.45) is -0.0404. The molecule has 0 radical (unpaired) electrons. The normalized spacial score (nSPS) is 21.9. The standard InChI is InChI=1S/C38H44N10O5/c39-31(50)18-30(49)27-17-29(34(52)33(27)51)48-22-43-32-35(41-20-28(23-9-3-1-4-10-23)24-11-5-2-6-12-24)45-37(46-36(32)48)47-16-14-26(21-47)44-38(53)42-19-25-13-7-8-15-40-25/h1-13,15,22,26-30,33-34,49,51-52H,14,16-21H2,(H2,39,50)(H,41,45,46)(H2,42,44,53)/t26-,27+,29-,30?,33-,34+/m1/s1. The molecule has 15 nitrogen and oxygen atoms in total. The molecule has 1 aliphatic carbocycles. The molecular formula is C38H44N10O5. The summed E-state index contributed by atoms with van der Waals surface area (Å²) in [6.45, 7) is 1.82. The van der Waals surface area contributed by atoms with Gasteiger partial charge in [0, 0.05) is 43.7 Å².